The molecule has 0 aromatic heterocycles. The fraction of sp³-hybridized carbons (Fsp3) is 0.440. The number of nitrogens with one attached hydrogen (secondary N) is 1. The second kappa shape index (κ2) is 10.4. The Morgan fingerprint density at radius 1 is 0.969 bits per heavy atom. The smallest absolute Gasteiger partial charge is 0.253 e. The zero-order valence-electron chi connectivity index (χ0n) is 19.4. The third-order valence-electron chi connectivity index (χ3n) is 5.80. The van der Waals surface area contributed by atoms with Crippen molar-refractivity contribution in [1.82, 2.24) is 10.2 Å². The van der Waals surface area contributed by atoms with Gasteiger partial charge in [0, 0.05) is 36.7 Å². The lowest BCUT2D eigenvalue weighted by atomic mass is 9.87. The molecule has 0 bridgehead atoms. The predicted molar refractivity (Wildman–Crippen MR) is 123 cm³/mol. The van der Waals surface area contributed by atoms with Crippen molar-refractivity contribution in [2.45, 2.75) is 19.8 Å². The highest BCUT2D eigenvalue weighted by molar-refractivity contribution is 5.95. The Morgan fingerprint density at radius 2 is 1.62 bits per heavy atom. The molecule has 1 heterocycles. The van der Waals surface area contributed by atoms with Gasteiger partial charge in [0.15, 0.2) is 0 Å². The second-order valence-electron chi connectivity index (χ2n) is 8.40. The van der Waals surface area contributed by atoms with Gasteiger partial charge in [-0.05, 0) is 48.4 Å². The largest absolute Gasteiger partial charge is 0.497 e. The minimum absolute atomic E-state index is 0.0568. The Morgan fingerprint density at radius 3 is 2.22 bits per heavy atom. The molecule has 7 nitrogen and oxygen atoms in total. The number of rotatable bonds is 8. The molecule has 0 spiro atoms. The first-order valence-corrected chi connectivity index (χ1v) is 10.8. The summed E-state index contributed by atoms with van der Waals surface area (Å²) in [6, 6.07) is 12.6. The van der Waals surface area contributed by atoms with Crippen LogP contribution in [0.2, 0.25) is 0 Å². The first kappa shape index (κ1) is 23.4. The number of methoxy groups -OCH3 is 3. The maximum absolute atomic E-state index is 13.2. The van der Waals surface area contributed by atoms with Gasteiger partial charge in [-0.2, -0.15) is 0 Å². The number of nitrogens with zero attached hydrogens (tertiary/aromatic N) is 1. The molecule has 32 heavy (non-hydrogen) atoms. The van der Waals surface area contributed by atoms with Crippen molar-refractivity contribution >= 4 is 11.8 Å². The number of carbonyl (C=O) groups excluding carboxylic acids is 2. The van der Waals surface area contributed by atoms with Crippen LogP contribution in [0.1, 0.15) is 35.7 Å². The van der Waals surface area contributed by atoms with Crippen molar-refractivity contribution in [2.75, 3.05) is 41.0 Å². The molecular weight excluding hydrogens is 408 g/mol. The van der Waals surface area contributed by atoms with E-state index in [1.54, 1.807) is 50.5 Å². The van der Waals surface area contributed by atoms with E-state index in [0.29, 0.717) is 48.4 Å². The molecule has 2 amide bonds. The van der Waals surface area contributed by atoms with Crippen LogP contribution in [0.5, 0.6) is 17.2 Å². The highest BCUT2D eigenvalue weighted by Crippen LogP contribution is 2.40. The monoisotopic (exact) mass is 440 g/mol. The van der Waals surface area contributed by atoms with Gasteiger partial charge in [-0.15, -0.1) is 0 Å². The van der Waals surface area contributed by atoms with E-state index in [-0.39, 0.29) is 17.7 Å². The Kier molecular flexibility index (Phi) is 7.62. The van der Waals surface area contributed by atoms with Crippen molar-refractivity contribution in [3.63, 3.8) is 0 Å². The first-order valence-electron chi connectivity index (χ1n) is 10.8. The van der Waals surface area contributed by atoms with Gasteiger partial charge in [-0.25, -0.2) is 0 Å². The van der Waals surface area contributed by atoms with E-state index >= 15 is 0 Å². The molecule has 3 rings (SSSR count). The summed E-state index contributed by atoms with van der Waals surface area (Å²) >= 11 is 0. The molecular formula is C25H32N2O5. The summed E-state index contributed by atoms with van der Waals surface area (Å²) in [7, 11) is 4.80. The van der Waals surface area contributed by atoms with E-state index < -0.39 is 5.92 Å². The lowest BCUT2D eigenvalue weighted by Crippen LogP contribution is -2.37. The molecule has 172 valence electrons. The van der Waals surface area contributed by atoms with Crippen LogP contribution in [-0.2, 0) is 4.79 Å². The Balaban J connectivity index is 1.92. The van der Waals surface area contributed by atoms with Gasteiger partial charge in [0.25, 0.3) is 5.91 Å². The summed E-state index contributed by atoms with van der Waals surface area (Å²) < 4.78 is 16.2. The Hall–Kier alpha value is -3.22. The number of amides is 2. The lowest BCUT2D eigenvalue weighted by molar-refractivity contribution is -0.125. The van der Waals surface area contributed by atoms with Crippen LogP contribution in [0.4, 0.5) is 0 Å². The summed E-state index contributed by atoms with van der Waals surface area (Å²) in [5.41, 5.74) is 1.42. The minimum atomic E-state index is -0.392. The van der Waals surface area contributed by atoms with Gasteiger partial charge in [-0.3, -0.25) is 9.59 Å². The van der Waals surface area contributed by atoms with Gasteiger partial charge < -0.3 is 24.4 Å². The topological polar surface area (TPSA) is 77.1 Å². The minimum Gasteiger partial charge on any atom is -0.497 e. The molecule has 1 saturated heterocycles. The Labute approximate surface area is 189 Å². The van der Waals surface area contributed by atoms with Crippen molar-refractivity contribution in [3.05, 3.63) is 53.6 Å². The molecule has 0 saturated carbocycles. The molecule has 0 radical (unpaired) electrons. The van der Waals surface area contributed by atoms with E-state index in [4.69, 9.17) is 14.2 Å². The molecule has 7 heteroatoms. The number of likely N-dealkylation sites (tertiary alicyclic amines) is 1. The average Bonchev–Trinajstić information content (AvgIpc) is 3.27. The quantitative estimate of drug-likeness (QED) is 0.681. The molecule has 2 aromatic rings. The maximum atomic E-state index is 13.2. The van der Waals surface area contributed by atoms with Crippen molar-refractivity contribution in [3.8, 4) is 17.2 Å². The highest BCUT2D eigenvalue weighted by atomic mass is 16.5. The van der Waals surface area contributed by atoms with Gasteiger partial charge in [0.2, 0.25) is 5.91 Å². The lowest BCUT2D eigenvalue weighted by Gasteiger charge is -2.21. The molecule has 0 unspecified atom stereocenters. The highest BCUT2D eigenvalue weighted by Gasteiger charge is 2.42. The zero-order valence-corrected chi connectivity index (χ0v) is 19.4. The average molecular weight is 441 g/mol. The van der Waals surface area contributed by atoms with Crippen molar-refractivity contribution < 1.29 is 23.8 Å². The molecule has 1 fully saturated rings. The molecule has 1 aliphatic heterocycles. The number of carbonyl (C=O) groups is 2. The Bertz CT molecular complexity index is 942. The fourth-order valence-corrected chi connectivity index (χ4v) is 4.03. The summed E-state index contributed by atoms with van der Waals surface area (Å²) in [4.78, 5) is 28.1. The van der Waals surface area contributed by atoms with Crippen LogP contribution in [0.25, 0.3) is 0 Å². The summed E-state index contributed by atoms with van der Waals surface area (Å²) in [6.07, 6.45) is 0. The van der Waals surface area contributed by atoms with Crippen LogP contribution in [-0.4, -0.2) is 57.7 Å². The molecule has 2 atom stereocenters. The summed E-state index contributed by atoms with van der Waals surface area (Å²) in [5.74, 6) is 1.61. The fourth-order valence-electron chi connectivity index (χ4n) is 4.03. The number of hydrogen-bond acceptors (Lipinski definition) is 5. The third-order valence-corrected chi connectivity index (χ3v) is 5.80. The molecule has 0 aliphatic carbocycles. The summed E-state index contributed by atoms with van der Waals surface area (Å²) in [6.45, 7) is 5.44. The van der Waals surface area contributed by atoms with Gasteiger partial charge in [0.1, 0.15) is 17.2 Å². The standard InChI is InChI=1S/C25H32N2O5/c1-16(2)13-26-24(28)22-15-27(25(29)17-6-8-18(30-3)9-7-17)14-21(22)20-12-19(31-4)10-11-23(20)32-5/h6-12,16,21-22H,13-15H2,1-5H3,(H,26,28)/t21-,22+/m1/s1. The third kappa shape index (κ3) is 5.15. The van der Waals surface area contributed by atoms with E-state index in [1.807, 2.05) is 18.2 Å². The van der Waals surface area contributed by atoms with Crippen LogP contribution in [0.3, 0.4) is 0 Å². The van der Waals surface area contributed by atoms with Gasteiger partial charge in [0.05, 0.1) is 27.2 Å². The maximum Gasteiger partial charge on any atom is 0.253 e. The first-order chi connectivity index (χ1) is 15.4. The molecule has 1 N–H and O–H groups in total. The van der Waals surface area contributed by atoms with E-state index in [9.17, 15) is 9.59 Å². The molecule has 1 aliphatic rings. The van der Waals surface area contributed by atoms with Crippen LogP contribution >= 0.6 is 0 Å². The van der Waals surface area contributed by atoms with Crippen LogP contribution in [0, 0.1) is 11.8 Å². The van der Waals surface area contributed by atoms with Crippen LogP contribution < -0.4 is 19.5 Å². The van der Waals surface area contributed by atoms with E-state index in [1.165, 1.54) is 0 Å². The SMILES string of the molecule is COc1ccc(C(=O)N2C[C@H](C(=O)NCC(C)C)[C@@H](c3cc(OC)ccc3OC)C2)cc1. The van der Waals surface area contributed by atoms with Crippen molar-refractivity contribution in [2.24, 2.45) is 11.8 Å². The normalized spacial score (nSPS) is 17.9. The van der Waals surface area contributed by atoms with Gasteiger partial charge >= 0.3 is 0 Å². The van der Waals surface area contributed by atoms with Crippen molar-refractivity contribution in [1.29, 1.82) is 0 Å². The van der Waals surface area contributed by atoms with Gasteiger partial charge in [-0.1, -0.05) is 13.8 Å². The summed E-state index contributed by atoms with van der Waals surface area (Å²) in [5, 5.41) is 3.04. The predicted octanol–water partition coefficient (Wildman–Crippen LogP) is 3.34. The van der Waals surface area contributed by atoms with E-state index in [0.717, 1.165) is 5.56 Å². The number of hydrogen-bond donors (Lipinski definition) is 1. The van der Waals surface area contributed by atoms with Crippen LogP contribution in [0.15, 0.2) is 42.5 Å². The molecule has 2 aromatic carbocycles. The number of benzene rings is 2. The number of ether oxygens (including phenoxy) is 3. The van der Waals surface area contributed by atoms with E-state index in [2.05, 4.69) is 19.2 Å². The zero-order chi connectivity index (χ0) is 23.3. The second-order valence-corrected chi connectivity index (χ2v) is 8.40.